The van der Waals surface area contributed by atoms with E-state index in [0.29, 0.717) is 17.8 Å². The Kier molecular flexibility index (Phi) is 3.32. The Bertz CT molecular complexity index is 531. The van der Waals surface area contributed by atoms with Crippen molar-refractivity contribution < 1.29 is 9.90 Å². The van der Waals surface area contributed by atoms with Crippen LogP contribution in [0, 0.1) is 5.92 Å². The van der Waals surface area contributed by atoms with Gasteiger partial charge in [0.25, 0.3) is 0 Å². The highest BCUT2D eigenvalue weighted by molar-refractivity contribution is 5.99. The van der Waals surface area contributed by atoms with Gasteiger partial charge in [-0.2, -0.15) is 0 Å². The third-order valence-electron chi connectivity index (χ3n) is 4.16. The molecule has 0 aromatic carbocycles. The molecule has 19 heavy (non-hydrogen) atoms. The smallest absolute Gasteiger partial charge is 0.336 e. The summed E-state index contributed by atoms with van der Waals surface area (Å²) in [6, 6.07) is 1.57. The second-order valence-corrected chi connectivity index (χ2v) is 5.53. The van der Waals surface area contributed by atoms with Gasteiger partial charge in [0.2, 0.25) is 0 Å². The highest BCUT2D eigenvalue weighted by Gasteiger charge is 2.24. The fourth-order valence-corrected chi connectivity index (χ4v) is 3.19. The van der Waals surface area contributed by atoms with Crippen molar-refractivity contribution in [1.82, 2.24) is 4.98 Å². The monoisotopic (exact) mass is 258 g/mol. The molecular formula is C15H18N2O2. The Morgan fingerprint density at radius 1 is 1.32 bits per heavy atom. The lowest BCUT2D eigenvalue weighted by Gasteiger charge is -2.21. The van der Waals surface area contributed by atoms with Crippen LogP contribution >= 0.6 is 0 Å². The van der Waals surface area contributed by atoms with Gasteiger partial charge in [0.05, 0.1) is 5.56 Å². The van der Waals surface area contributed by atoms with E-state index in [0.717, 1.165) is 23.6 Å². The quantitative estimate of drug-likeness (QED) is 0.904. The van der Waals surface area contributed by atoms with Crippen molar-refractivity contribution in [3.05, 3.63) is 23.4 Å². The topological polar surface area (TPSA) is 62.5 Å². The summed E-state index contributed by atoms with van der Waals surface area (Å²) in [5, 5.41) is 9.18. The van der Waals surface area contributed by atoms with Crippen LogP contribution in [-0.2, 0) is 6.42 Å². The van der Waals surface area contributed by atoms with E-state index < -0.39 is 5.97 Å². The molecule has 1 aromatic rings. The first-order valence-electron chi connectivity index (χ1n) is 7.01. The molecule has 0 amide bonds. The number of fused-ring (bicyclic) bond motifs is 1. The molecule has 0 radical (unpaired) electrons. The van der Waals surface area contributed by atoms with Gasteiger partial charge >= 0.3 is 5.97 Å². The van der Waals surface area contributed by atoms with Crippen LogP contribution < -0.4 is 0 Å². The minimum atomic E-state index is -0.882. The molecule has 1 aliphatic carbocycles. The fourth-order valence-electron chi connectivity index (χ4n) is 3.19. The Morgan fingerprint density at radius 2 is 2.11 bits per heavy atom. The van der Waals surface area contributed by atoms with Crippen LogP contribution in [0.1, 0.15) is 54.4 Å². The van der Waals surface area contributed by atoms with Crippen molar-refractivity contribution in [1.29, 1.82) is 0 Å². The van der Waals surface area contributed by atoms with Gasteiger partial charge in [-0.05, 0) is 18.4 Å². The molecule has 1 N–H and O–H groups in total. The predicted octanol–water partition coefficient (Wildman–Crippen LogP) is 3.38. The highest BCUT2D eigenvalue weighted by Crippen LogP contribution is 2.32. The maximum atomic E-state index is 11.2. The first-order valence-corrected chi connectivity index (χ1v) is 7.01. The van der Waals surface area contributed by atoms with Crippen LogP contribution in [0.15, 0.2) is 17.3 Å². The molecule has 1 aliphatic heterocycles. The van der Waals surface area contributed by atoms with Crippen molar-refractivity contribution in [3.8, 4) is 0 Å². The summed E-state index contributed by atoms with van der Waals surface area (Å²) in [4.78, 5) is 19.9. The lowest BCUT2D eigenvalue weighted by atomic mass is 9.85. The van der Waals surface area contributed by atoms with Crippen LogP contribution in [0.25, 0.3) is 0 Å². The molecule has 0 saturated heterocycles. The fraction of sp³-hybridized carbons (Fsp3) is 0.533. The zero-order chi connectivity index (χ0) is 13.2. The van der Waals surface area contributed by atoms with Crippen LogP contribution in [-0.4, -0.2) is 21.8 Å². The molecule has 2 aliphatic rings. The molecule has 0 spiro atoms. The molecular weight excluding hydrogens is 240 g/mol. The summed E-state index contributed by atoms with van der Waals surface area (Å²) < 4.78 is 0. The molecule has 100 valence electrons. The SMILES string of the molecule is O=C(O)c1ccnc2c1CC(CC1CCCCC1)=N2. The van der Waals surface area contributed by atoms with Gasteiger partial charge in [-0.15, -0.1) is 0 Å². The normalized spacial score (nSPS) is 19.1. The second-order valence-electron chi connectivity index (χ2n) is 5.53. The van der Waals surface area contributed by atoms with Crippen molar-refractivity contribution in [2.24, 2.45) is 10.9 Å². The van der Waals surface area contributed by atoms with Gasteiger partial charge in [0.15, 0.2) is 5.82 Å². The van der Waals surface area contributed by atoms with Gasteiger partial charge < -0.3 is 5.11 Å². The lowest BCUT2D eigenvalue weighted by molar-refractivity contribution is 0.0696. The van der Waals surface area contributed by atoms with Crippen molar-refractivity contribution in [2.45, 2.75) is 44.9 Å². The molecule has 1 saturated carbocycles. The maximum absolute atomic E-state index is 11.2. The van der Waals surface area contributed by atoms with Crippen molar-refractivity contribution in [3.63, 3.8) is 0 Å². The van der Waals surface area contributed by atoms with E-state index in [1.807, 2.05) is 0 Å². The molecule has 0 bridgehead atoms. The predicted molar refractivity (Wildman–Crippen MR) is 73.2 cm³/mol. The van der Waals surface area contributed by atoms with E-state index in [2.05, 4.69) is 9.98 Å². The molecule has 0 atom stereocenters. The Morgan fingerprint density at radius 3 is 2.84 bits per heavy atom. The molecule has 0 unspecified atom stereocenters. The van der Waals surface area contributed by atoms with Gasteiger partial charge in [0.1, 0.15) is 0 Å². The average Bonchev–Trinajstić information content (AvgIpc) is 2.81. The Labute approximate surface area is 112 Å². The number of carboxylic acid groups (broad SMARTS) is 1. The van der Waals surface area contributed by atoms with Crippen molar-refractivity contribution in [2.75, 3.05) is 0 Å². The van der Waals surface area contributed by atoms with Crippen LogP contribution in [0.3, 0.4) is 0 Å². The van der Waals surface area contributed by atoms with E-state index in [4.69, 9.17) is 0 Å². The van der Waals surface area contributed by atoms with E-state index in [1.54, 1.807) is 6.07 Å². The molecule has 4 nitrogen and oxygen atoms in total. The van der Waals surface area contributed by atoms with Crippen molar-refractivity contribution >= 4 is 17.5 Å². The van der Waals surface area contributed by atoms with E-state index in [1.165, 1.54) is 38.3 Å². The summed E-state index contributed by atoms with van der Waals surface area (Å²) in [5.41, 5.74) is 2.26. The zero-order valence-corrected chi connectivity index (χ0v) is 10.9. The summed E-state index contributed by atoms with van der Waals surface area (Å²) in [7, 11) is 0. The van der Waals surface area contributed by atoms with Gasteiger partial charge in [0, 0.05) is 23.9 Å². The zero-order valence-electron chi connectivity index (χ0n) is 10.9. The number of pyridine rings is 1. The largest absolute Gasteiger partial charge is 0.478 e. The lowest BCUT2D eigenvalue weighted by Crippen LogP contribution is -2.12. The number of carboxylic acids is 1. The van der Waals surface area contributed by atoms with E-state index in [-0.39, 0.29) is 0 Å². The van der Waals surface area contributed by atoms with Gasteiger partial charge in [-0.3, -0.25) is 0 Å². The number of aromatic carboxylic acids is 1. The Hall–Kier alpha value is -1.71. The average molecular weight is 258 g/mol. The van der Waals surface area contributed by atoms with E-state index >= 15 is 0 Å². The van der Waals surface area contributed by atoms with Crippen LogP contribution in [0.4, 0.5) is 5.82 Å². The first kappa shape index (κ1) is 12.3. The number of hydrogen-bond acceptors (Lipinski definition) is 3. The van der Waals surface area contributed by atoms with Gasteiger partial charge in [-0.25, -0.2) is 14.8 Å². The number of rotatable bonds is 3. The van der Waals surface area contributed by atoms with Crippen LogP contribution in [0.2, 0.25) is 0 Å². The molecule has 1 aromatic heterocycles. The number of aromatic nitrogens is 1. The molecule has 1 fully saturated rings. The molecule has 2 heterocycles. The third kappa shape index (κ3) is 2.53. The summed E-state index contributed by atoms with van der Waals surface area (Å²) in [6.45, 7) is 0. The Balaban J connectivity index is 1.75. The maximum Gasteiger partial charge on any atom is 0.336 e. The van der Waals surface area contributed by atoms with Gasteiger partial charge in [-0.1, -0.05) is 32.1 Å². The minimum Gasteiger partial charge on any atom is -0.478 e. The number of carbonyl (C=O) groups is 1. The molecule has 4 heteroatoms. The second kappa shape index (κ2) is 5.11. The summed E-state index contributed by atoms with van der Waals surface area (Å²) in [6.07, 6.45) is 9.79. The number of aliphatic imine (C=N–C) groups is 1. The number of hydrogen-bond donors (Lipinski definition) is 1. The summed E-state index contributed by atoms with van der Waals surface area (Å²) in [5.74, 6) is 0.466. The third-order valence-corrected chi connectivity index (χ3v) is 4.16. The standard InChI is InChI=1S/C15H18N2O2/c18-15(19)12-6-7-16-14-13(12)9-11(17-14)8-10-4-2-1-3-5-10/h6-7,10H,1-5,8-9H2,(H,18,19). The summed E-state index contributed by atoms with van der Waals surface area (Å²) >= 11 is 0. The molecule has 3 rings (SSSR count). The minimum absolute atomic E-state index is 0.354. The highest BCUT2D eigenvalue weighted by atomic mass is 16.4. The van der Waals surface area contributed by atoms with E-state index in [9.17, 15) is 9.90 Å². The van der Waals surface area contributed by atoms with Crippen LogP contribution in [0.5, 0.6) is 0 Å². The first-order chi connectivity index (χ1) is 9.24. The number of nitrogens with zero attached hydrogens (tertiary/aromatic N) is 2.